The molecule has 0 heterocycles. The molecule has 1 amide bonds. The molecule has 0 spiro atoms. The van der Waals surface area contributed by atoms with Crippen molar-refractivity contribution < 1.29 is 19.5 Å². The van der Waals surface area contributed by atoms with Crippen molar-refractivity contribution in [3.63, 3.8) is 0 Å². The zero-order chi connectivity index (χ0) is 6.57. The van der Waals surface area contributed by atoms with E-state index in [1.54, 1.807) is 0 Å². The van der Waals surface area contributed by atoms with Gasteiger partial charge in [-0.2, -0.15) is 0 Å². The first-order valence-electron chi connectivity index (χ1n) is 1.91. The minimum Gasteiger partial charge on any atom is -0.468 e. The number of carbonyl (C=O) groups is 1. The lowest BCUT2D eigenvalue weighted by Gasteiger charge is -1.98. The smallest absolute Gasteiger partial charge is 0.468 e. The van der Waals surface area contributed by atoms with Gasteiger partial charge in [-0.15, -0.1) is 0 Å². The van der Waals surface area contributed by atoms with E-state index in [9.17, 15) is 4.79 Å². The van der Waals surface area contributed by atoms with Crippen LogP contribution < -0.4 is 5.32 Å². The lowest BCUT2D eigenvalue weighted by molar-refractivity contribution is 0.172. The summed E-state index contributed by atoms with van der Waals surface area (Å²) in [7, 11) is -0.722. The number of nitrogens with one attached hydrogen (secondary N) is 1. The van der Waals surface area contributed by atoms with E-state index in [1.165, 1.54) is 7.05 Å². The van der Waals surface area contributed by atoms with Crippen molar-refractivity contribution in [2.24, 2.45) is 0 Å². The molecule has 0 aromatic carbocycles. The van der Waals surface area contributed by atoms with E-state index in [1.807, 2.05) is 5.32 Å². The molecule has 0 radical (unpaired) electrons. The first-order valence-corrected chi connectivity index (χ1v) is 1.91. The molecule has 0 rings (SSSR count). The van der Waals surface area contributed by atoms with Crippen LogP contribution in [-0.4, -0.2) is 30.5 Å². The third kappa shape index (κ3) is 3.45. The highest BCUT2D eigenvalue weighted by Gasteiger charge is 2.13. The van der Waals surface area contributed by atoms with Crippen molar-refractivity contribution in [3.05, 3.63) is 0 Å². The maximum absolute atomic E-state index is 9.97. The van der Waals surface area contributed by atoms with Crippen molar-refractivity contribution in [2.45, 2.75) is 0 Å². The van der Waals surface area contributed by atoms with E-state index in [4.69, 9.17) is 10.0 Å². The van der Waals surface area contributed by atoms with Gasteiger partial charge in [-0.05, 0) is 0 Å². The second-order valence-electron chi connectivity index (χ2n) is 0.982. The number of hydrogen-bond donors (Lipinski definition) is 3. The van der Waals surface area contributed by atoms with Gasteiger partial charge >= 0.3 is 13.4 Å². The second-order valence-corrected chi connectivity index (χ2v) is 0.982. The van der Waals surface area contributed by atoms with Gasteiger partial charge in [0.15, 0.2) is 0 Å². The normalized spacial score (nSPS) is 7.88. The van der Waals surface area contributed by atoms with E-state index in [2.05, 4.69) is 4.65 Å². The Kier molecular flexibility index (Phi) is 2.98. The third-order valence-electron chi connectivity index (χ3n) is 0.417. The van der Waals surface area contributed by atoms with Crippen molar-refractivity contribution in [2.75, 3.05) is 7.05 Å². The summed E-state index contributed by atoms with van der Waals surface area (Å²) in [6.07, 6.45) is -0.875. The summed E-state index contributed by atoms with van der Waals surface area (Å²) in [6.45, 7) is 0. The van der Waals surface area contributed by atoms with Crippen LogP contribution in [0.4, 0.5) is 4.79 Å². The zero-order valence-electron chi connectivity index (χ0n) is 4.29. The molecule has 0 aliphatic heterocycles. The van der Waals surface area contributed by atoms with Gasteiger partial charge in [-0.25, -0.2) is 4.79 Å². The Morgan fingerprint density at radius 3 is 2.38 bits per heavy atom. The summed E-state index contributed by atoms with van der Waals surface area (Å²) < 4.78 is 3.76. The Labute approximate surface area is 46.4 Å². The number of hydrogen-bond acceptors (Lipinski definition) is 4. The van der Waals surface area contributed by atoms with E-state index in [0.717, 1.165) is 0 Å². The zero-order valence-corrected chi connectivity index (χ0v) is 4.29. The van der Waals surface area contributed by atoms with Crippen LogP contribution in [0.3, 0.4) is 0 Å². The molecule has 0 aromatic rings. The van der Waals surface area contributed by atoms with Crippen molar-refractivity contribution in [3.8, 4) is 0 Å². The van der Waals surface area contributed by atoms with Crippen LogP contribution in [0.25, 0.3) is 0 Å². The van der Waals surface area contributed by atoms with Gasteiger partial charge in [0.1, 0.15) is 0 Å². The van der Waals surface area contributed by atoms with Gasteiger partial charge < -0.3 is 20.0 Å². The molecule has 0 unspecified atom stereocenters. The number of carbonyl (C=O) groups excluding carboxylic acids is 1. The summed E-state index contributed by atoms with van der Waals surface area (Å²) in [6, 6.07) is 0. The maximum Gasteiger partial charge on any atom is 0.710 e. The fourth-order valence-corrected chi connectivity index (χ4v) is 0.155. The fourth-order valence-electron chi connectivity index (χ4n) is 0.155. The Hall–Kier alpha value is -0.745. The standard InChI is InChI=1S/C2H6BNO4/c1-4-2(5)8-3(6)7/h6-7H,1H3,(H,4,5). The molecule has 46 valence electrons. The first kappa shape index (κ1) is 7.25. The Morgan fingerprint density at radius 2 is 2.25 bits per heavy atom. The highest BCUT2D eigenvalue weighted by atomic mass is 16.7. The summed E-state index contributed by atoms with van der Waals surface area (Å²) in [5.41, 5.74) is 0. The molecular formula is C2H6BNO4. The highest BCUT2D eigenvalue weighted by Crippen LogP contribution is 1.74. The minimum absolute atomic E-state index is 0.875. The highest BCUT2D eigenvalue weighted by molar-refractivity contribution is 6.35. The third-order valence-corrected chi connectivity index (χ3v) is 0.417. The molecule has 0 aromatic heterocycles. The van der Waals surface area contributed by atoms with E-state index < -0.39 is 13.4 Å². The summed E-state index contributed by atoms with van der Waals surface area (Å²) in [5.74, 6) is 0. The SMILES string of the molecule is CNC(=O)OB(O)O. The van der Waals surface area contributed by atoms with E-state index >= 15 is 0 Å². The van der Waals surface area contributed by atoms with Crippen molar-refractivity contribution in [1.82, 2.24) is 5.32 Å². The van der Waals surface area contributed by atoms with Crippen LogP contribution in [-0.2, 0) is 4.65 Å². The number of amides is 1. The summed E-state index contributed by atoms with van der Waals surface area (Å²) >= 11 is 0. The fraction of sp³-hybridized carbons (Fsp3) is 0.500. The molecule has 6 heteroatoms. The Morgan fingerprint density at radius 1 is 1.75 bits per heavy atom. The first-order chi connectivity index (χ1) is 3.66. The molecule has 5 nitrogen and oxygen atoms in total. The largest absolute Gasteiger partial charge is 0.710 e. The second kappa shape index (κ2) is 3.28. The van der Waals surface area contributed by atoms with E-state index in [-0.39, 0.29) is 0 Å². The lowest BCUT2D eigenvalue weighted by Crippen LogP contribution is -2.28. The summed E-state index contributed by atoms with van der Waals surface area (Å²) in [4.78, 5) is 9.97. The molecule has 0 fully saturated rings. The maximum atomic E-state index is 9.97. The Bertz CT molecular complexity index is 84.1. The van der Waals surface area contributed by atoms with Crippen LogP contribution in [0.1, 0.15) is 0 Å². The van der Waals surface area contributed by atoms with Crippen molar-refractivity contribution >= 4 is 13.4 Å². The van der Waals surface area contributed by atoms with E-state index in [0.29, 0.717) is 0 Å². The molecule has 0 bridgehead atoms. The topological polar surface area (TPSA) is 78.8 Å². The minimum atomic E-state index is -2.03. The van der Waals surface area contributed by atoms with Gasteiger partial charge in [-0.1, -0.05) is 0 Å². The van der Waals surface area contributed by atoms with Crippen LogP contribution in [0.15, 0.2) is 0 Å². The average Bonchev–Trinajstić information content (AvgIpc) is 1.65. The van der Waals surface area contributed by atoms with Gasteiger partial charge in [0, 0.05) is 7.05 Å². The predicted molar refractivity (Wildman–Crippen MR) is 25.7 cm³/mol. The van der Waals surface area contributed by atoms with Crippen LogP contribution in [0, 0.1) is 0 Å². The Balaban J connectivity index is 3.25. The molecule has 0 aliphatic carbocycles. The molecular weight excluding hydrogens is 113 g/mol. The molecule has 0 atom stereocenters. The van der Waals surface area contributed by atoms with Crippen LogP contribution in [0.2, 0.25) is 0 Å². The monoisotopic (exact) mass is 119 g/mol. The van der Waals surface area contributed by atoms with Crippen LogP contribution in [0.5, 0.6) is 0 Å². The quantitative estimate of drug-likeness (QED) is 0.360. The van der Waals surface area contributed by atoms with Crippen molar-refractivity contribution in [1.29, 1.82) is 0 Å². The molecule has 0 saturated heterocycles. The van der Waals surface area contributed by atoms with Gasteiger partial charge in [0.2, 0.25) is 0 Å². The van der Waals surface area contributed by atoms with Gasteiger partial charge in [0.25, 0.3) is 0 Å². The van der Waals surface area contributed by atoms with Gasteiger partial charge in [-0.3, -0.25) is 0 Å². The van der Waals surface area contributed by atoms with Gasteiger partial charge in [0.05, 0.1) is 0 Å². The molecule has 8 heavy (non-hydrogen) atoms. The molecule has 3 N–H and O–H groups in total. The van der Waals surface area contributed by atoms with Crippen LogP contribution >= 0.6 is 0 Å². The molecule has 0 aliphatic rings. The lowest BCUT2D eigenvalue weighted by atomic mass is 10.3. The molecule has 0 saturated carbocycles. The summed E-state index contributed by atoms with van der Waals surface area (Å²) in [5, 5.41) is 17.9. The average molecular weight is 119 g/mol. The number of rotatable bonds is 1. The predicted octanol–water partition coefficient (Wildman–Crippen LogP) is -1.69.